The number of hydrogen-bond donors (Lipinski definition) is 1. The van der Waals surface area contributed by atoms with Crippen LogP contribution in [0.3, 0.4) is 0 Å². The Balaban J connectivity index is 0.000000826. The molecule has 3 aromatic rings. The van der Waals surface area contributed by atoms with Gasteiger partial charge in [0.2, 0.25) is 0 Å². The van der Waals surface area contributed by atoms with Gasteiger partial charge in [-0.2, -0.15) is 0 Å². The summed E-state index contributed by atoms with van der Waals surface area (Å²) in [7, 11) is 0. The molecule has 0 atom stereocenters. The average Bonchev–Trinajstić information content (AvgIpc) is 3.16. The van der Waals surface area contributed by atoms with Crippen molar-refractivity contribution in [3.05, 3.63) is 82.9 Å². The number of benzene rings is 3. The molecule has 3 aromatic carbocycles. The SMILES string of the molecule is CC(=O)O.CC(C)C(=O)Oc1ccc2c(c1)Oc1cc(OC(=O)C(C)C)ccc1C21OC(=O)c2ccccc21. The lowest BCUT2D eigenvalue weighted by Gasteiger charge is -2.36. The molecule has 0 aliphatic carbocycles. The fraction of sp³-hybridized carbons (Fsp3) is 0.267. The molecule has 9 heteroatoms. The molecule has 2 aliphatic heterocycles. The molecule has 0 aromatic heterocycles. The topological polar surface area (TPSA) is 125 Å². The third kappa shape index (κ3) is 5.20. The summed E-state index contributed by atoms with van der Waals surface area (Å²) >= 11 is 0. The summed E-state index contributed by atoms with van der Waals surface area (Å²) in [6.45, 7) is 8.07. The number of carboxylic acid groups (broad SMARTS) is 1. The molecule has 2 aliphatic rings. The van der Waals surface area contributed by atoms with Crippen LogP contribution in [0.1, 0.15) is 61.7 Å². The lowest BCUT2D eigenvalue weighted by atomic mass is 9.77. The second kappa shape index (κ2) is 10.6. The van der Waals surface area contributed by atoms with E-state index in [0.29, 0.717) is 45.3 Å². The van der Waals surface area contributed by atoms with Gasteiger partial charge in [-0.3, -0.25) is 14.4 Å². The second-order valence-electron chi connectivity index (χ2n) is 9.70. The number of hydrogen-bond acceptors (Lipinski definition) is 8. The van der Waals surface area contributed by atoms with Crippen LogP contribution < -0.4 is 14.2 Å². The fourth-order valence-corrected chi connectivity index (χ4v) is 4.23. The van der Waals surface area contributed by atoms with Crippen molar-refractivity contribution in [2.45, 2.75) is 40.2 Å². The predicted molar refractivity (Wildman–Crippen MR) is 139 cm³/mol. The monoisotopic (exact) mass is 532 g/mol. The quantitative estimate of drug-likeness (QED) is 0.344. The van der Waals surface area contributed by atoms with E-state index in [0.717, 1.165) is 6.92 Å². The van der Waals surface area contributed by atoms with Gasteiger partial charge in [0.25, 0.3) is 5.97 Å². The maximum atomic E-state index is 12.9. The first-order valence-electron chi connectivity index (χ1n) is 12.4. The van der Waals surface area contributed by atoms with Crippen molar-refractivity contribution < 1.29 is 43.2 Å². The maximum absolute atomic E-state index is 12.9. The van der Waals surface area contributed by atoms with Crippen molar-refractivity contribution in [3.63, 3.8) is 0 Å². The number of carbonyl (C=O) groups excluding carboxylic acids is 3. The zero-order chi connectivity index (χ0) is 28.5. The zero-order valence-corrected chi connectivity index (χ0v) is 22.1. The summed E-state index contributed by atoms with van der Waals surface area (Å²) in [4.78, 5) is 46.2. The summed E-state index contributed by atoms with van der Waals surface area (Å²) in [6.07, 6.45) is 0. The summed E-state index contributed by atoms with van der Waals surface area (Å²) in [5, 5.41) is 7.42. The van der Waals surface area contributed by atoms with Gasteiger partial charge in [-0.1, -0.05) is 45.9 Å². The Morgan fingerprint density at radius 3 is 1.69 bits per heavy atom. The molecule has 1 N–H and O–H groups in total. The molecular formula is C30H28O9. The van der Waals surface area contributed by atoms with Gasteiger partial charge < -0.3 is 24.1 Å². The third-order valence-corrected chi connectivity index (χ3v) is 6.04. The highest BCUT2D eigenvalue weighted by atomic mass is 16.6. The first-order chi connectivity index (χ1) is 18.4. The molecule has 0 amide bonds. The third-order valence-electron chi connectivity index (χ3n) is 6.04. The Bertz CT molecular complexity index is 1390. The zero-order valence-electron chi connectivity index (χ0n) is 22.1. The Morgan fingerprint density at radius 1 is 0.769 bits per heavy atom. The highest BCUT2D eigenvalue weighted by molar-refractivity contribution is 5.97. The average molecular weight is 533 g/mol. The standard InChI is InChI=1S/C28H24O7.C2H4O2/c1-15(2)25(29)32-17-9-11-21-23(13-17)34-24-14-18(33-26(30)16(3)4)10-12-22(24)28(21)20-8-6-5-7-19(20)27(31)35-28;1-2(3)4/h5-16H,1-4H3;1H3,(H,3,4). The van der Waals surface area contributed by atoms with Crippen LogP contribution in [0.15, 0.2) is 60.7 Å². The smallest absolute Gasteiger partial charge is 0.340 e. The van der Waals surface area contributed by atoms with E-state index in [1.54, 1.807) is 76.2 Å². The predicted octanol–water partition coefficient (Wildman–Crippen LogP) is 5.47. The summed E-state index contributed by atoms with van der Waals surface area (Å²) in [5.41, 5.74) is 1.06. The van der Waals surface area contributed by atoms with Crippen LogP contribution in [-0.2, 0) is 24.7 Å². The highest BCUT2D eigenvalue weighted by Gasteiger charge is 2.53. The molecule has 0 radical (unpaired) electrons. The molecule has 9 nitrogen and oxygen atoms in total. The Morgan fingerprint density at radius 2 is 1.23 bits per heavy atom. The number of rotatable bonds is 4. The van der Waals surface area contributed by atoms with Crippen molar-refractivity contribution in [2.24, 2.45) is 11.8 Å². The molecule has 0 unspecified atom stereocenters. The largest absolute Gasteiger partial charge is 0.481 e. The molecule has 39 heavy (non-hydrogen) atoms. The molecule has 0 saturated carbocycles. The van der Waals surface area contributed by atoms with Crippen molar-refractivity contribution in [1.82, 2.24) is 0 Å². The van der Waals surface area contributed by atoms with Gasteiger partial charge in [-0.05, 0) is 30.3 Å². The Kier molecular flexibility index (Phi) is 7.44. The molecule has 1 spiro atoms. The number of ether oxygens (including phenoxy) is 4. The van der Waals surface area contributed by atoms with Crippen LogP contribution >= 0.6 is 0 Å². The van der Waals surface area contributed by atoms with Crippen molar-refractivity contribution in [3.8, 4) is 23.0 Å². The minimum atomic E-state index is -1.27. The number of aliphatic carboxylic acids is 1. The van der Waals surface area contributed by atoms with Crippen molar-refractivity contribution >= 4 is 23.9 Å². The van der Waals surface area contributed by atoms with Gasteiger partial charge in [0.15, 0.2) is 5.60 Å². The van der Waals surface area contributed by atoms with Gasteiger partial charge in [-0.15, -0.1) is 0 Å². The number of esters is 3. The van der Waals surface area contributed by atoms with Gasteiger partial charge in [0.05, 0.1) is 17.4 Å². The minimum absolute atomic E-state index is 0.306. The van der Waals surface area contributed by atoms with E-state index >= 15 is 0 Å². The maximum Gasteiger partial charge on any atom is 0.340 e. The van der Waals surface area contributed by atoms with E-state index in [2.05, 4.69) is 0 Å². The van der Waals surface area contributed by atoms with E-state index in [1.165, 1.54) is 0 Å². The van der Waals surface area contributed by atoms with Gasteiger partial charge in [-0.25, -0.2) is 4.79 Å². The molecular weight excluding hydrogens is 504 g/mol. The lowest BCUT2D eigenvalue weighted by molar-refractivity contribution is -0.138. The first kappa shape index (κ1) is 27.4. The van der Waals surface area contributed by atoms with E-state index in [9.17, 15) is 14.4 Å². The highest BCUT2D eigenvalue weighted by Crippen LogP contribution is 2.57. The van der Waals surface area contributed by atoms with Crippen LogP contribution in [0.4, 0.5) is 0 Å². The molecule has 5 rings (SSSR count). The van der Waals surface area contributed by atoms with Crippen LogP contribution in [0.2, 0.25) is 0 Å². The van der Waals surface area contributed by atoms with Crippen LogP contribution in [0.5, 0.6) is 23.0 Å². The molecule has 202 valence electrons. The summed E-state index contributed by atoms with van der Waals surface area (Å²) < 4.78 is 23.3. The summed E-state index contributed by atoms with van der Waals surface area (Å²) in [5.74, 6) is -1.31. The van der Waals surface area contributed by atoms with Gasteiger partial charge in [0.1, 0.15) is 23.0 Å². The lowest BCUT2D eigenvalue weighted by Crippen LogP contribution is -2.33. The molecule has 0 saturated heterocycles. The number of carboxylic acids is 1. The minimum Gasteiger partial charge on any atom is -0.481 e. The van der Waals surface area contributed by atoms with Crippen LogP contribution in [-0.4, -0.2) is 29.0 Å². The van der Waals surface area contributed by atoms with E-state index in [-0.39, 0.29) is 23.8 Å². The Labute approximate surface area is 225 Å². The van der Waals surface area contributed by atoms with Gasteiger partial charge in [0, 0.05) is 35.7 Å². The second-order valence-corrected chi connectivity index (χ2v) is 9.70. The van der Waals surface area contributed by atoms with Crippen LogP contribution in [0, 0.1) is 11.8 Å². The van der Waals surface area contributed by atoms with Crippen LogP contribution in [0.25, 0.3) is 0 Å². The van der Waals surface area contributed by atoms with Crippen molar-refractivity contribution in [1.29, 1.82) is 0 Å². The van der Waals surface area contributed by atoms with E-state index < -0.39 is 17.5 Å². The molecule has 0 fully saturated rings. The van der Waals surface area contributed by atoms with Gasteiger partial charge >= 0.3 is 17.9 Å². The van der Waals surface area contributed by atoms with E-state index in [1.807, 2.05) is 12.1 Å². The van der Waals surface area contributed by atoms with Crippen molar-refractivity contribution in [2.75, 3.05) is 0 Å². The van der Waals surface area contributed by atoms with E-state index in [4.69, 9.17) is 28.8 Å². The molecule has 2 heterocycles. The molecule has 0 bridgehead atoms. The summed E-state index contributed by atoms with van der Waals surface area (Å²) in [6, 6.07) is 17.2. The normalized spacial score (nSPS) is 13.8. The fourth-order valence-electron chi connectivity index (χ4n) is 4.23. The number of carbonyl (C=O) groups is 4. The number of fused-ring (bicyclic) bond motifs is 6. The Hall–Kier alpha value is -4.66. The first-order valence-corrected chi connectivity index (χ1v) is 12.4.